The van der Waals surface area contributed by atoms with Crippen molar-refractivity contribution in [1.82, 2.24) is 5.32 Å². The van der Waals surface area contributed by atoms with Gasteiger partial charge in [0.2, 0.25) is 5.91 Å². The Bertz CT molecular complexity index is 958. The molecule has 2 saturated heterocycles. The predicted octanol–water partition coefficient (Wildman–Crippen LogP) is 2.92. The number of amides is 2. The lowest BCUT2D eigenvalue weighted by Gasteiger charge is -2.37. The summed E-state index contributed by atoms with van der Waals surface area (Å²) in [7, 11) is 0. The highest BCUT2D eigenvalue weighted by molar-refractivity contribution is 5.90. The maximum absolute atomic E-state index is 14.9. The molecule has 0 radical (unpaired) electrons. The van der Waals surface area contributed by atoms with Gasteiger partial charge in [-0.1, -0.05) is 17.7 Å². The van der Waals surface area contributed by atoms with E-state index in [0.717, 1.165) is 13.1 Å². The molecule has 4 rings (SSSR count). The van der Waals surface area contributed by atoms with Crippen molar-refractivity contribution in [2.75, 3.05) is 54.0 Å². The van der Waals surface area contributed by atoms with Gasteiger partial charge in [-0.3, -0.25) is 9.69 Å². The van der Waals surface area contributed by atoms with Crippen LogP contribution in [0.25, 0.3) is 0 Å². The molecule has 8 heteroatoms. The molecule has 164 valence electrons. The number of aryl methyl sites for hydroxylation is 1. The molecular formula is C23H27FN4O3. The molecule has 2 aromatic rings. The second kappa shape index (κ2) is 8.83. The number of cyclic esters (lactones) is 1. The standard InChI is InChI=1S/C23H27FN4O3/c1-16-3-5-18(6-4-16)26-9-11-27(12-10-26)22-8-7-19(13-21(22)24)28-15-20(31-23(28)30)14-25-17(2)29/h3-8,13,20H,9-12,14-15H2,1-2H3,(H,25,29)/t20-/m0/s1. The quantitative estimate of drug-likeness (QED) is 0.797. The summed E-state index contributed by atoms with van der Waals surface area (Å²) in [6.07, 6.45) is -0.983. The number of rotatable bonds is 5. The highest BCUT2D eigenvalue weighted by Crippen LogP contribution is 2.29. The molecule has 7 nitrogen and oxygen atoms in total. The lowest BCUT2D eigenvalue weighted by atomic mass is 10.1. The monoisotopic (exact) mass is 426 g/mol. The fourth-order valence-electron chi connectivity index (χ4n) is 3.98. The molecule has 2 aliphatic heterocycles. The van der Waals surface area contributed by atoms with Crippen LogP contribution >= 0.6 is 0 Å². The first-order chi connectivity index (χ1) is 14.9. The van der Waals surface area contributed by atoms with Crippen molar-refractivity contribution in [3.8, 4) is 0 Å². The van der Waals surface area contributed by atoms with Crippen LogP contribution in [0.3, 0.4) is 0 Å². The average Bonchev–Trinajstić information content (AvgIpc) is 3.13. The zero-order valence-corrected chi connectivity index (χ0v) is 17.8. The molecule has 31 heavy (non-hydrogen) atoms. The summed E-state index contributed by atoms with van der Waals surface area (Å²) in [5.74, 6) is -0.549. The van der Waals surface area contributed by atoms with E-state index in [4.69, 9.17) is 4.74 Å². The Balaban J connectivity index is 1.38. The van der Waals surface area contributed by atoms with Crippen LogP contribution in [0.1, 0.15) is 12.5 Å². The van der Waals surface area contributed by atoms with E-state index in [0.29, 0.717) is 24.5 Å². The molecule has 2 heterocycles. The summed E-state index contributed by atoms with van der Waals surface area (Å²) in [5.41, 5.74) is 3.40. The molecule has 2 aromatic carbocycles. The van der Waals surface area contributed by atoms with Gasteiger partial charge in [-0.05, 0) is 37.3 Å². The number of hydrogen-bond acceptors (Lipinski definition) is 5. The van der Waals surface area contributed by atoms with E-state index >= 15 is 0 Å². The maximum Gasteiger partial charge on any atom is 0.414 e. The van der Waals surface area contributed by atoms with Crippen molar-refractivity contribution in [2.24, 2.45) is 0 Å². The molecule has 1 atom stereocenters. The smallest absolute Gasteiger partial charge is 0.414 e. The van der Waals surface area contributed by atoms with Crippen LogP contribution in [0, 0.1) is 12.7 Å². The van der Waals surface area contributed by atoms with Crippen molar-refractivity contribution < 1.29 is 18.7 Å². The van der Waals surface area contributed by atoms with Gasteiger partial charge in [0.15, 0.2) is 0 Å². The molecule has 0 aliphatic carbocycles. The normalized spacial score (nSPS) is 18.9. The van der Waals surface area contributed by atoms with Gasteiger partial charge in [0.25, 0.3) is 0 Å². The second-order valence-electron chi connectivity index (χ2n) is 8.00. The number of halogens is 1. The minimum absolute atomic E-state index is 0.188. The number of benzene rings is 2. The lowest BCUT2D eigenvalue weighted by molar-refractivity contribution is -0.119. The fourth-order valence-corrected chi connectivity index (χ4v) is 3.98. The molecule has 2 amide bonds. The first kappa shape index (κ1) is 21.0. The Morgan fingerprint density at radius 3 is 2.35 bits per heavy atom. The molecule has 0 saturated carbocycles. The fraction of sp³-hybridized carbons (Fsp3) is 0.391. The number of anilines is 3. The third-order valence-electron chi connectivity index (χ3n) is 5.72. The van der Waals surface area contributed by atoms with Gasteiger partial charge in [0.1, 0.15) is 11.9 Å². The number of carbonyl (C=O) groups is 2. The molecule has 0 unspecified atom stereocenters. The van der Waals surface area contributed by atoms with E-state index in [1.807, 2.05) is 4.90 Å². The Kier molecular flexibility index (Phi) is 5.97. The minimum atomic E-state index is -0.533. The Morgan fingerprint density at radius 1 is 1.06 bits per heavy atom. The molecule has 2 fully saturated rings. The van der Waals surface area contributed by atoms with Crippen LogP contribution in [0.15, 0.2) is 42.5 Å². The van der Waals surface area contributed by atoms with Crippen molar-refractivity contribution >= 4 is 29.1 Å². The van der Waals surface area contributed by atoms with E-state index in [1.165, 1.54) is 29.1 Å². The molecule has 0 spiro atoms. The summed E-state index contributed by atoms with van der Waals surface area (Å²) >= 11 is 0. The van der Waals surface area contributed by atoms with Crippen LogP contribution in [0.4, 0.5) is 26.2 Å². The summed E-state index contributed by atoms with van der Waals surface area (Å²) in [6, 6.07) is 13.3. The minimum Gasteiger partial charge on any atom is -0.442 e. The van der Waals surface area contributed by atoms with Gasteiger partial charge in [-0.25, -0.2) is 9.18 Å². The number of ether oxygens (including phenoxy) is 1. The van der Waals surface area contributed by atoms with E-state index in [-0.39, 0.29) is 24.8 Å². The third kappa shape index (κ3) is 4.73. The van der Waals surface area contributed by atoms with E-state index in [1.54, 1.807) is 12.1 Å². The number of carbonyl (C=O) groups excluding carboxylic acids is 2. The van der Waals surface area contributed by atoms with Gasteiger partial charge in [-0.2, -0.15) is 0 Å². The zero-order chi connectivity index (χ0) is 22.0. The Hall–Kier alpha value is -3.29. The first-order valence-electron chi connectivity index (χ1n) is 10.5. The van der Waals surface area contributed by atoms with E-state index in [9.17, 15) is 14.0 Å². The Morgan fingerprint density at radius 2 is 1.71 bits per heavy atom. The van der Waals surface area contributed by atoms with Gasteiger partial charge in [0.05, 0.1) is 24.5 Å². The van der Waals surface area contributed by atoms with E-state index in [2.05, 4.69) is 41.4 Å². The van der Waals surface area contributed by atoms with Gasteiger partial charge in [0, 0.05) is 38.8 Å². The van der Waals surface area contributed by atoms with Crippen LogP contribution in [-0.2, 0) is 9.53 Å². The largest absolute Gasteiger partial charge is 0.442 e. The third-order valence-corrected chi connectivity index (χ3v) is 5.72. The Labute approximate surface area is 181 Å². The molecule has 2 aliphatic rings. The number of piperazine rings is 1. The van der Waals surface area contributed by atoms with Gasteiger partial charge >= 0.3 is 6.09 Å². The molecule has 0 bridgehead atoms. The average molecular weight is 426 g/mol. The van der Waals surface area contributed by atoms with E-state index < -0.39 is 12.2 Å². The highest BCUT2D eigenvalue weighted by atomic mass is 19.1. The van der Waals surface area contributed by atoms with Crippen LogP contribution in [-0.4, -0.2) is 57.4 Å². The second-order valence-corrected chi connectivity index (χ2v) is 8.00. The van der Waals surface area contributed by atoms with Gasteiger partial charge in [-0.15, -0.1) is 0 Å². The van der Waals surface area contributed by atoms with Crippen LogP contribution < -0.4 is 20.0 Å². The summed E-state index contributed by atoms with van der Waals surface area (Å²) < 4.78 is 20.2. The summed E-state index contributed by atoms with van der Waals surface area (Å²) in [6.45, 7) is 7.05. The van der Waals surface area contributed by atoms with Crippen molar-refractivity contribution in [3.63, 3.8) is 0 Å². The molecule has 0 aromatic heterocycles. The number of hydrogen-bond donors (Lipinski definition) is 1. The van der Waals surface area contributed by atoms with Crippen LogP contribution in [0.2, 0.25) is 0 Å². The number of nitrogens with zero attached hydrogens (tertiary/aromatic N) is 3. The highest BCUT2D eigenvalue weighted by Gasteiger charge is 2.33. The SMILES string of the molecule is CC(=O)NC[C@H]1CN(c2ccc(N3CCN(c4ccc(C)cc4)CC3)c(F)c2)C(=O)O1. The number of nitrogens with one attached hydrogen (secondary N) is 1. The summed E-state index contributed by atoms with van der Waals surface area (Å²) in [4.78, 5) is 29.0. The van der Waals surface area contributed by atoms with Crippen molar-refractivity contribution in [1.29, 1.82) is 0 Å². The molecular weight excluding hydrogens is 399 g/mol. The van der Waals surface area contributed by atoms with Crippen LogP contribution in [0.5, 0.6) is 0 Å². The lowest BCUT2D eigenvalue weighted by Crippen LogP contribution is -2.46. The van der Waals surface area contributed by atoms with Crippen molar-refractivity contribution in [3.05, 3.63) is 53.8 Å². The molecule has 1 N–H and O–H groups in total. The predicted molar refractivity (Wildman–Crippen MR) is 118 cm³/mol. The van der Waals surface area contributed by atoms with Crippen molar-refractivity contribution in [2.45, 2.75) is 20.0 Å². The summed E-state index contributed by atoms with van der Waals surface area (Å²) in [5, 5.41) is 2.63. The van der Waals surface area contributed by atoms with Gasteiger partial charge < -0.3 is 19.9 Å². The zero-order valence-electron chi connectivity index (χ0n) is 17.8. The maximum atomic E-state index is 14.9. The first-order valence-corrected chi connectivity index (χ1v) is 10.5. The topological polar surface area (TPSA) is 65.1 Å².